The summed E-state index contributed by atoms with van der Waals surface area (Å²) in [5.41, 5.74) is 4.71. The summed E-state index contributed by atoms with van der Waals surface area (Å²) in [7, 11) is -3.75. The summed E-state index contributed by atoms with van der Waals surface area (Å²) in [6.07, 6.45) is 2.81. The van der Waals surface area contributed by atoms with E-state index in [2.05, 4.69) is 76.4 Å². The number of hydrogen-bond donors (Lipinski definition) is 0. The topological polar surface area (TPSA) is 76.6 Å². The van der Waals surface area contributed by atoms with Gasteiger partial charge in [-0.15, -0.1) is 11.3 Å². The third-order valence-corrected chi connectivity index (χ3v) is 7.06. The average molecular weight is 471 g/mol. The summed E-state index contributed by atoms with van der Waals surface area (Å²) in [5.74, 6) is -0.534. The molecule has 1 saturated heterocycles. The second-order valence-electron chi connectivity index (χ2n) is 8.50. The molecule has 8 heteroatoms. The predicted octanol–water partition coefficient (Wildman–Crippen LogP) is 4.54. The van der Waals surface area contributed by atoms with Crippen molar-refractivity contribution < 1.29 is 17.4 Å². The summed E-state index contributed by atoms with van der Waals surface area (Å²) >= 11 is 1.67. The smallest absolute Gasteiger partial charge is 0.327 e. The molecule has 32 heavy (non-hydrogen) atoms. The molecule has 0 aliphatic carbocycles. The number of benzene rings is 2. The molecular formula is C24H26N2O4S2. The van der Waals surface area contributed by atoms with E-state index in [0.29, 0.717) is 25.6 Å². The number of thiazole rings is 1. The lowest BCUT2D eigenvalue weighted by Gasteiger charge is -2.37. The van der Waals surface area contributed by atoms with E-state index in [0.717, 1.165) is 27.3 Å². The van der Waals surface area contributed by atoms with Gasteiger partial charge >= 0.3 is 16.1 Å². The maximum Gasteiger partial charge on any atom is 0.327 e. The zero-order chi connectivity index (χ0) is 22.9. The van der Waals surface area contributed by atoms with Crippen LogP contribution in [-0.4, -0.2) is 43.6 Å². The van der Waals surface area contributed by atoms with Crippen LogP contribution in [-0.2, 0) is 25.6 Å². The van der Waals surface area contributed by atoms with Crippen LogP contribution in [0.25, 0.3) is 21.0 Å². The molecule has 4 rings (SSSR count). The van der Waals surface area contributed by atoms with Crippen molar-refractivity contribution >= 4 is 27.4 Å². The zero-order valence-corrected chi connectivity index (χ0v) is 19.9. The van der Waals surface area contributed by atoms with Gasteiger partial charge in [0.1, 0.15) is 5.01 Å². The van der Waals surface area contributed by atoms with Gasteiger partial charge in [0.05, 0.1) is 17.1 Å². The minimum atomic E-state index is -3.75. The second-order valence-corrected chi connectivity index (χ2v) is 11.1. The van der Waals surface area contributed by atoms with Gasteiger partial charge in [-0.3, -0.25) is 9.69 Å². The fraction of sp³-hybridized carbons (Fsp3) is 0.333. The van der Waals surface area contributed by atoms with Gasteiger partial charge in [0.25, 0.3) is 0 Å². The molecule has 0 radical (unpaired) electrons. The van der Waals surface area contributed by atoms with Crippen LogP contribution in [0.15, 0.2) is 54.7 Å². The van der Waals surface area contributed by atoms with E-state index in [9.17, 15) is 13.2 Å². The Kier molecular flexibility index (Phi) is 6.46. The first-order valence-corrected chi connectivity index (χ1v) is 13.1. The normalized spacial score (nSPS) is 15.0. The molecule has 1 aliphatic heterocycles. The number of likely N-dealkylation sites (tertiary alicyclic amines) is 1. The van der Waals surface area contributed by atoms with Crippen LogP contribution in [0.3, 0.4) is 0 Å². The van der Waals surface area contributed by atoms with Gasteiger partial charge in [-0.2, -0.15) is 8.42 Å². The van der Waals surface area contributed by atoms with Crippen molar-refractivity contribution in [1.82, 2.24) is 9.88 Å². The van der Waals surface area contributed by atoms with E-state index >= 15 is 0 Å². The molecule has 0 spiro atoms. The van der Waals surface area contributed by atoms with Crippen LogP contribution in [0.5, 0.6) is 0 Å². The van der Waals surface area contributed by atoms with E-state index < -0.39 is 16.1 Å². The summed E-state index contributed by atoms with van der Waals surface area (Å²) in [5, 5.41) is 0.979. The Labute approximate surface area is 193 Å². The van der Waals surface area contributed by atoms with Crippen LogP contribution >= 0.6 is 11.3 Å². The first kappa shape index (κ1) is 22.6. The third-order valence-electron chi connectivity index (χ3n) is 5.50. The van der Waals surface area contributed by atoms with Crippen LogP contribution in [0.2, 0.25) is 0 Å². The molecule has 2 heterocycles. The van der Waals surface area contributed by atoms with Gasteiger partial charge < -0.3 is 4.18 Å². The van der Waals surface area contributed by atoms with Crippen LogP contribution in [0.4, 0.5) is 0 Å². The Hall–Kier alpha value is -2.55. The number of rotatable bonds is 7. The molecule has 0 amide bonds. The van der Waals surface area contributed by atoms with Gasteiger partial charge in [0.15, 0.2) is 0 Å². The highest BCUT2D eigenvalue weighted by Crippen LogP contribution is 2.33. The van der Waals surface area contributed by atoms with Crippen molar-refractivity contribution in [1.29, 1.82) is 0 Å². The lowest BCUT2D eigenvalue weighted by Crippen LogP contribution is -2.50. The molecule has 1 fully saturated rings. The van der Waals surface area contributed by atoms with E-state index in [1.165, 1.54) is 11.1 Å². The van der Waals surface area contributed by atoms with E-state index in [1.54, 1.807) is 11.3 Å². The quantitative estimate of drug-likeness (QED) is 0.472. The standard InChI is InChI=1S/C24H26N2O4S2/c1-16(2)18-8-10-19(11-9-18)22-12-25-23(31-22)20-6-4-17(5-7-20)13-26-14-21(15-26)24(27)30-32(3,28)29/h4-12,16,21H,13-15H2,1-3H3. The Morgan fingerprint density at radius 1 is 1.09 bits per heavy atom. The summed E-state index contributed by atoms with van der Waals surface area (Å²) in [6, 6.07) is 16.9. The van der Waals surface area contributed by atoms with Crippen LogP contribution in [0.1, 0.15) is 30.9 Å². The van der Waals surface area contributed by atoms with Crippen molar-refractivity contribution in [3.05, 3.63) is 65.9 Å². The van der Waals surface area contributed by atoms with Crippen molar-refractivity contribution in [3.8, 4) is 21.0 Å². The molecule has 0 bridgehead atoms. The highest BCUT2D eigenvalue weighted by molar-refractivity contribution is 7.86. The van der Waals surface area contributed by atoms with Gasteiger partial charge in [-0.1, -0.05) is 62.4 Å². The van der Waals surface area contributed by atoms with Crippen molar-refractivity contribution in [3.63, 3.8) is 0 Å². The Balaban J connectivity index is 1.34. The van der Waals surface area contributed by atoms with Gasteiger partial charge in [-0.05, 0) is 22.6 Å². The first-order chi connectivity index (χ1) is 15.2. The zero-order valence-electron chi connectivity index (χ0n) is 18.3. The largest absolute Gasteiger partial charge is 0.345 e. The monoisotopic (exact) mass is 470 g/mol. The molecule has 0 atom stereocenters. The lowest BCUT2D eigenvalue weighted by molar-refractivity contribution is -0.144. The molecule has 2 aromatic carbocycles. The highest BCUT2D eigenvalue weighted by atomic mass is 32.2. The summed E-state index contributed by atoms with van der Waals surface area (Å²) in [4.78, 5) is 19.6. The Morgan fingerprint density at radius 2 is 1.72 bits per heavy atom. The molecule has 6 nitrogen and oxygen atoms in total. The summed E-state index contributed by atoms with van der Waals surface area (Å²) < 4.78 is 26.6. The van der Waals surface area contributed by atoms with Crippen molar-refractivity contribution in [2.45, 2.75) is 26.3 Å². The van der Waals surface area contributed by atoms with E-state index in [-0.39, 0.29) is 5.92 Å². The molecular weight excluding hydrogens is 444 g/mol. The lowest BCUT2D eigenvalue weighted by atomic mass is 9.99. The van der Waals surface area contributed by atoms with Crippen LogP contribution < -0.4 is 0 Å². The number of nitrogens with zero attached hydrogens (tertiary/aromatic N) is 2. The molecule has 0 unspecified atom stereocenters. The third kappa shape index (κ3) is 5.43. The predicted molar refractivity (Wildman–Crippen MR) is 127 cm³/mol. The Bertz CT molecular complexity index is 1190. The maximum absolute atomic E-state index is 11.8. The first-order valence-electron chi connectivity index (χ1n) is 10.5. The van der Waals surface area contributed by atoms with E-state index in [4.69, 9.17) is 0 Å². The SMILES string of the molecule is CC(C)c1ccc(-c2cnc(-c3ccc(CN4CC(C(=O)OS(C)(=O)=O)C4)cc3)s2)cc1. The number of carbonyl (C=O) groups is 1. The van der Waals surface area contributed by atoms with E-state index in [1.807, 2.05) is 6.20 Å². The summed E-state index contributed by atoms with van der Waals surface area (Å²) in [6.45, 7) is 6.09. The number of carbonyl (C=O) groups excluding carboxylic acids is 1. The molecule has 168 valence electrons. The maximum atomic E-state index is 11.8. The van der Waals surface area contributed by atoms with Gasteiger partial charge in [0, 0.05) is 31.4 Å². The fourth-order valence-electron chi connectivity index (χ4n) is 3.65. The molecule has 0 N–H and O–H groups in total. The minimum Gasteiger partial charge on any atom is -0.345 e. The Morgan fingerprint density at radius 3 is 2.31 bits per heavy atom. The fourth-order valence-corrected chi connectivity index (χ4v) is 5.01. The molecule has 3 aromatic rings. The second kappa shape index (κ2) is 9.13. The van der Waals surface area contributed by atoms with Gasteiger partial charge in [0.2, 0.25) is 0 Å². The molecule has 1 aliphatic rings. The van der Waals surface area contributed by atoms with Gasteiger partial charge in [-0.25, -0.2) is 4.98 Å². The number of hydrogen-bond acceptors (Lipinski definition) is 7. The van der Waals surface area contributed by atoms with Crippen molar-refractivity contribution in [2.75, 3.05) is 19.3 Å². The van der Waals surface area contributed by atoms with Crippen molar-refractivity contribution in [2.24, 2.45) is 5.92 Å². The average Bonchev–Trinajstić information content (AvgIpc) is 3.19. The molecule has 1 aromatic heterocycles. The number of aromatic nitrogens is 1. The minimum absolute atomic E-state index is 0.382. The highest BCUT2D eigenvalue weighted by Gasteiger charge is 2.35. The molecule has 0 saturated carbocycles. The van der Waals surface area contributed by atoms with Crippen LogP contribution in [0, 0.1) is 5.92 Å².